The molecule has 0 aromatic rings. The van der Waals surface area contributed by atoms with Gasteiger partial charge in [0.2, 0.25) is 0 Å². The molecule has 0 saturated carbocycles. The van der Waals surface area contributed by atoms with Crippen molar-refractivity contribution in [2.75, 3.05) is 32.8 Å². The lowest BCUT2D eigenvalue weighted by Crippen LogP contribution is -2.50. The van der Waals surface area contributed by atoms with Crippen LogP contribution in [0.5, 0.6) is 0 Å². The first-order chi connectivity index (χ1) is 9.93. The van der Waals surface area contributed by atoms with Crippen molar-refractivity contribution in [3.63, 3.8) is 0 Å². The molecule has 5 nitrogen and oxygen atoms in total. The summed E-state index contributed by atoms with van der Waals surface area (Å²) in [6.45, 7) is 20.7. The zero-order valence-electron chi connectivity index (χ0n) is 15.4. The van der Waals surface area contributed by atoms with E-state index < -0.39 is 5.60 Å². The first kappa shape index (κ1) is 20.9. The van der Waals surface area contributed by atoms with Crippen molar-refractivity contribution >= 4 is 6.09 Å². The Morgan fingerprint density at radius 2 is 1.73 bits per heavy atom. The average Bonchev–Trinajstić information content (AvgIpc) is 2.27. The van der Waals surface area contributed by atoms with Gasteiger partial charge in [0, 0.05) is 25.2 Å². The minimum atomic E-state index is -0.482. The second-order valence-corrected chi connectivity index (χ2v) is 7.56. The molecule has 0 aliphatic rings. The Bertz CT molecular complexity index is 354. The largest absolute Gasteiger partial charge is 0.444 e. The van der Waals surface area contributed by atoms with Crippen molar-refractivity contribution in [3.8, 4) is 0 Å². The van der Waals surface area contributed by atoms with Crippen molar-refractivity contribution < 1.29 is 14.3 Å². The number of ether oxygens (including phenoxy) is 2. The van der Waals surface area contributed by atoms with Gasteiger partial charge in [0.15, 0.2) is 0 Å². The van der Waals surface area contributed by atoms with Crippen LogP contribution in [0.25, 0.3) is 0 Å². The highest BCUT2D eigenvalue weighted by Crippen LogP contribution is 2.17. The summed E-state index contributed by atoms with van der Waals surface area (Å²) in [5.74, 6) is 0. The molecule has 0 aliphatic heterocycles. The molecule has 1 N–H and O–H groups in total. The zero-order chi connectivity index (χ0) is 17.4. The molecular formula is C17H34N2O3. The molecule has 5 heteroatoms. The van der Waals surface area contributed by atoms with E-state index in [4.69, 9.17) is 9.47 Å². The van der Waals surface area contributed by atoms with E-state index in [9.17, 15) is 4.79 Å². The Morgan fingerprint density at radius 1 is 1.14 bits per heavy atom. The Morgan fingerprint density at radius 3 is 2.18 bits per heavy atom. The summed E-state index contributed by atoms with van der Waals surface area (Å²) in [4.78, 5) is 14.0. The fourth-order valence-electron chi connectivity index (χ4n) is 1.72. The maximum atomic E-state index is 12.3. The summed E-state index contributed by atoms with van der Waals surface area (Å²) < 4.78 is 10.9. The third-order valence-electron chi connectivity index (χ3n) is 2.71. The minimum Gasteiger partial charge on any atom is -0.444 e. The van der Waals surface area contributed by atoms with Crippen LogP contribution in [-0.2, 0) is 9.47 Å². The van der Waals surface area contributed by atoms with E-state index in [1.807, 2.05) is 48.5 Å². The fraction of sp³-hybridized carbons (Fsp3) is 0.824. The van der Waals surface area contributed by atoms with Crippen LogP contribution >= 0.6 is 0 Å². The molecule has 0 fully saturated rings. The number of nitrogens with one attached hydrogen (secondary N) is 1. The standard InChI is InChI=1S/C17H34N2O3/c1-14(2)13-21-12-10-18-9-11-19(16(3,4)5)15(20)22-17(6,7)8/h18H,1,9-13H2,2-8H3. The van der Waals surface area contributed by atoms with Crippen LogP contribution in [0.2, 0.25) is 0 Å². The molecule has 0 aliphatic carbocycles. The van der Waals surface area contributed by atoms with Crippen molar-refractivity contribution in [2.45, 2.75) is 59.6 Å². The second-order valence-electron chi connectivity index (χ2n) is 7.56. The molecule has 0 bridgehead atoms. The van der Waals surface area contributed by atoms with Gasteiger partial charge in [0.05, 0.1) is 13.2 Å². The molecule has 0 saturated heterocycles. The van der Waals surface area contributed by atoms with Gasteiger partial charge in [-0.05, 0) is 48.5 Å². The maximum Gasteiger partial charge on any atom is 0.410 e. The second kappa shape index (κ2) is 9.16. The average molecular weight is 314 g/mol. The lowest BCUT2D eigenvalue weighted by Gasteiger charge is -2.36. The molecule has 0 aromatic heterocycles. The summed E-state index contributed by atoms with van der Waals surface area (Å²) in [6, 6.07) is 0. The number of hydrogen-bond donors (Lipinski definition) is 1. The van der Waals surface area contributed by atoms with E-state index >= 15 is 0 Å². The first-order valence-electron chi connectivity index (χ1n) is 7.87. The lowest BCUT2D eigenvalue weighted by molar-refractivity contribution is 0.00656. The predicted molar refractivity (Wildman–Crippen MR) is 91.2 cm³/mol. The van der Waals surface area contributed by atoms with Crippen LogP contribution in [-0.4, -0.2) is 55.0 Å². The summed E-state index contributed by atoms with van der Waals surface area (Å²) in [7, 11) is 0. The monoisotopic (exact) mass is 314 g/mol. The highest BCUT2D eigenvalue weighted by atomic mass is 16.6. The Balaban J connectivity index is 4.18. The van der Waals surface area contributed by atoms with Gasteiger partial charge < -0.3 is 19.7 Å². The van der Waals surface area contributed by atoms with Crippen LogP contribution in [0, 0.1) is 0 Å². The summed E-state index contributed by atoms with van der Waals surface area (Å²) in [5.41, 5.74) is 0.258. The van der Waals surface area contributed by atoms with E-state index in [1.165, 1.54) is 0 Å². The Kier molecular flexibility index (Phi) is 8.71. The summed E-state index contributed by atoms with van der Waals surface area (Å²) in [5, 5.41) is 3.28. The number of amides is 1. The molecule has 0 heterocycles. The van der Waals surface area contributed by atoms with Crippen LogP contribution in [0.3, 0.4) is 0 Å². The smallest absolute Gasteiger partial charge is 0.410 e. The van der Waals surface area contributed by atoms with Gasteiger partial charge >= 0.3 is 6.09 Å². The molecule has 0 aromatic carbocycles. The molecule has 0 spiro atoms. The molecule has 22 heavy (non-hydrogen) atoms. The van der Waals surface area contributed by atoms with Crippen molar-refractivity contribution in [3.05, 3.63) is 12.2 Å². The lowest BCUT2D eigenvalue weighted by atomic mass is 10.1. The van der Waals surface area contributed by atoms with E-state index in [0.717, 1.165) is 12.1 Å². The molecule has 1 amide bonds. The zero-order valence-corrected chi connectivity index (χ0v) is 15.4. The summed E-state index contributed by atoms with van der Waals surface area (Å²) in [6.07, 6.45) is -0.277. The molecular weight excluding hydrogens is 280 g/mol. The third kappa shape index (κ3) is 10.6. The number of carbonyl (C=O) groups is 1. The van der Waals surface area contributed by atoms with E-state index in [0.29, 0.717) is 26.3 Å². The summed E-state index contributed by atoms with van der Waals surface area (Å²) >= 11 is 0. The van der Waals surface area contributed by atoms with Crippen LogP contribution in [0.4, 0.5) is 4.79 Å². The van der Waals surface area contributed by atoms with Crippen molar-refractivity contribution in [1.29, 1.82) is 0 Å². The quantitative estimate of drug-likeness (QED) is 0.552. The van der Waals surface area contributed by atoms with Gasteiger partial charge in [0.1, 0.15) is 5.60 Å². The fourth-order valence-corrected chi connectivity index (χ4v) is 1.72. The van der Waals surface area contributed by atoms with Crippen molar-refractivity contribution in [1.82, 2.24) is 10.2 Å². The SMILES string of the molecule is C=C(C)COCCNCCN(C(=O)OC(C)(C)C)C(C)(C)C. The van der Waals surface area contributed by atoms with Crippen LogP contribution < -0.4 is 5.32 Å². The van der Waals surface area contributed by atoms with E-state index in [-0.39, 0.29) is 11.6 Å². The molecule has 0 atom stereocenters. The van der Waals surface area contributed by atoms with E-state index in [2.05, 4.69) is 11.9 Å². The molecule has 0 radical (unpaired) electrons. The molecule has 130 valence electrons. The van der Waals surface area contributed by atoms with Gasteiger partial charge in [-0.15, -0.1) is 0 Å². The normalized spacial score (nSPS) is 12.1. The third-order valence-corrected chi connectivity index (χ3v) is 2.71. The van der Waals surface area contributed by atoms with Crippen LogP contribution in [0.15, 0.2) is 12.2 Å². The highest BCUT2D eigenvalue weighted by Gasteiger charge is 2.30. The molecule has 0 unspecified atom stereocenters. The van der Waals surface area contributed by atoms with Gasteiger partial charge in [-0.25, -0.2) is 4.79 Å². The topological polar surface area (TPSA) is 50.8 Å². The maximum absolute atomic E-state index is 12.3. The number of nitrogens with zero attached hydrogens (tertiary/aromatic N) is 1. The molecule has 0 rings (SSSR count). The van der Waals surface area contributed by atoms with Gasteiger partial charge in [-0.3, -0.25) is 0 Å². The number of carbonyl (C=O) groups excluding carboxylic acids is 1. The predicted octanol–water partition coefficient (Wildman–Crippen LogP) is 3.20. The highest BCUT2D eigenvalue weighted by molar-refractivity contribution is 5.69. The van der Waals surface area contributed by atoms with Gasteiger partial charge in [0.25, 0.3) is 0 Å². The van der Waals surface area contributed by atoms with Crippen LogP contribution in [0.1, 0.15) is 48.5 Å². The van der Waals surface area contributed by atoms with E-state index in [1.54, 1.807) is 4.90 Å². The van der Waals surface area contributed by atoms with Gasteiger partial charge in [-0.2, -0.15) is 0 Å². The Labute approximate surface area is 136 Å². The minimum absolute atomic E-state index is 0.277. The first-order valence-corrected chi connectivity index (χ1v) is 7.87. The number of hydrogen-bond acceptors (Lipinski definition) is 4. The Hall–Kier alpha value is -1.07. The number of rotatable bonds is 8. The van der Waals surface area contributed by atoms with Gasteiger partial charge in [-0.1, -0.05) is 12.2 Å². The van der Waals surface area contributed by atoms with Crippen molar-refractivity contribution in [2.24, 2.45) is 0 Å².